The topological polar surface area (TPSA) is 55.6 Å². The van der Waals surface area contributed by atoms with Crippen LogP contribution in [0.2, 0.25) is 5.02 Å². The Morgan fingerprint density at radius 3 is 2.90 bits per heavy atom. The summed E-state index contributed by atoms with van der Waals surface area (Å²) in [6.07, 6.45) is 1.06. The van der Waals surface area contributed by atoms with Gasteiger partial charge in [0.15, 0.2) is 0 Å². The quantitative estimate of drug-likeness (QED) is 0.617. The number of hydrogen-bond donors (Lipinski definition) is 0. The lowest BCUT2D eigenvalue weighted by Gasteiger charge is -2.22. The van der Waals surface area contributed by atoms with Crippen LogP contribution < -0.4 is 4.90 Å². The van der Waals surface area contributed by atoms with Crippen molar-refractivity contribution in [3.8, 4) is 0 Å². The summed E-state index contributed by atoms with van der Waals surface area (Å²) in [5.41, 5.74) is 1.80. The summed E-state index contributed by atoms with van der Waals surface area (Å²) in [7, 11) is 0. The third-order valence-corrected chi connectivity index (χ3v) is 3.90. The lowest BCUT2D eigenvalue weighted by Crippen LogP contribution is -2.22. The molecule has 0 saturated carbocycles. The molecule has 20 heavy (non-hydrogen) atoms. The Morgan fingerprint density at radius 1 is 1.55 bits per heavy atom. The van der Waals surface area contributed by atoms with E-state index in [0.717, 1.165) is 44.0 Å². The molecule has 1 aromatic rings. The minimum absolute atomic E-state index is 0.0429. The number of aryl methyl sites for hydroxylation is 1. The van der Waals surface area contributed by atoms with Gasteiger partial charge in [-0.25, -0.2) is 0 Å². The number of rotatable bonds is 5. The molecule has 2 rings (SSSR count). The third-order valence-electron chi connectivity index (χ3n) is 3.61. The van der Waals surface area contributed by atoms with E-state index in [-0.39, 0.29) is 5.69 Å². The zero-order valence-corrected chi connectivity index (χ0v) is 12.5. The van der Waals surface area contributed by atoms with Crippen LogP contribution in [-0.4, -0.2) is 31.2 Å². The molecule has 6 heteroatoms. The van der Waals surface area contributed by atoms with Gasteiger partial charge in [0.1, 0.15) is 0 Å². The Kier molecular flexibility index (Phi) is 4.83. The van der Waals surface area contributed by atoms with E-state index in [1.54, 1.807) is 6.07 Å². The summed E-state index contributed by atoms with van der Waals surface area (Å²) in [6, 6.07) is 3.01. The zero-order chi connectivity index (χ0) is 14.7. The van der Waals surface area contributed by atoms with Crippen molar-refractivity contribution in [2.24, 2.45) is 5.92 Å². The average molecular weight is 299 g/mol. The van der Waals surface area contributed by atoms with Gasteiger partial charge in [-0.3, -0.25) is 10.1 Å². The predicted molar refractivity (Wildman–Crippen MR) is 79.7 cm³/mol. The summed E-state index contributed by atoms with van der Waals surface area (Å²) in [4.78, 5) is 12.6. The molecule has 0 N–H and O–H groups in total. The molecule has 0 spiro atoms. The molecule has 5 nitrogen and oxygen atoms in total. The molecule has 1 fully saturated rings. The first-order chi connectivity index (χ1) is 9.52. The lowest BCUT2D eigenvalue weighted by atomic mass is 10.1. The Balaban J connectivity index is 2.16. The van der Waals surface area contributed by atoms with Gasteiger partial charge in [0, 0.05) is 37.7 Å². The van der Waals surface area contributed by atoms with Gasteiger partial charge in [0.25, 0.3) is 5.69 Å². The molecule has 0 amide bonds. The van der Waals surface area contributed by atoms with Gasteiger partial charge in [0.2, 0.25) is 0 Å². The van der Waals surface area contributed by atoms with Crippen molar-refractivity contribution < 1.29 is 9.66 Å². The second-order valence-corrected chi connectivity index (χ2v) is 5.52. The first-order valence-electron chi connectivity index (χ1n) is 6.80. The third kappa shape index (κ3) is 3.22. The normalized spacial score (nSPS) is 18.6. The van der Waals surface area contributed by atoms with Gasteiger partial charge in [-0.05, 0) is 25.8 Å². The average Bonchev–Trinajstić information content (AvgIpc) is 2.83. The number of halogens is 1. The molecule has 0 aliphatic carbocycles. The number of non-ortho nitro benzene ring substituents is 1. The van der Waals surface area contributed by atoms with Gasteiger partial charge >= 0.3 is 0 Å². The summed E-state index contributed by atoms with van der Waals surface area (Å²) < 4.78 is 5.46. The Hall–Kier alpha value is -1.33. The number of nitrogens with zero attached hydrogens (tertiary/aromatic N) is 2. The molecule has 110 valence electrons. The molecule has 0 bridgehead atoms. The molecular weight excluding hydrogens is 280 g/mol. The molecule has 1 aliphatic heterocycles. The summed E-state index contributed by atoms with van der Waals surface area (Å²) in [5.74, 6) is 0.501. The van der Waals surface area contributed by atoms with Gasteiger partial charge in [-0.15, -0.1) is 0 Å². The maximum Gasteiger partial charge on any atom is 0.271 e. The number of nitro groups is 1. The van der Waals surface area contributed by atoms with E-state index in [4.69, 9.17) is 16.3 Å². The standard InChI is InChI=1S/C14H19ClN2O3/c1-3-20-9-11-4-5-16(8-11)14-10(2)6-12(17(18)19)7-13(14)15/h6-7,11H,3-5,8-9H2,1-2H3. The van der Waals surface area contributed by atoms with Crippen LogP contribution in [0, 0.1) is 23.0 Å². The van der Waals surface area contributed by atoms with Gasteiger partial charge < -0.3 is 9.64 Å². The number of ether oxygens (including phenoxy) is 1. The van der Waals surface area contributed by atoms with Crippen molar-refractivity contribution in [2.75, 3.05) is 31.2 Å². The molecule has 0 radical (unpaired) electrons. The van der Waals surface area contributed by atoms with Crippen LogP contribution in [0.3, 0.4) is 0 Å². The van der Waals surface area contributed by atoms with Crippen LogP contribution in [0.1, 0.15) is 18.9 Å². The highest BCUT2D eigenvalue weighted by Crippen LogP contribution is 2.36. The molecular formula is C14H19ClN2O3. The fourth-order valence-electron chi connectivity index (χ4n) is 2.68. The largest absolute Gasteiger partial charge is 0.381 e. The molecule has 0 aromatic heterocycles. The van der Waals surface area contributed by atoms with E-state index >= 15 is 0 Å². The van der Waals surface area contributed by atoms with Gasteiger partial charge in [0.05, 0.1) is 22.2 Å². The Labute approximate surface area is 123 Å². The molecule has 1 aromatic carbocycles. The summed E-state index contributed by atoms with van der Waals surface area (Å²) in [6.45, 7) is 7.15. The van der Waals surface area contributed by atoms with E-state index in [0.29, 0.717) is 10.9 Å². The van der Waals surface area contributed by atoms with E-state index in [9.17, 15) is 10.1 Å². The first kappa shape index (κ1) is 15.1. The fourth-order valence-corrected chi connectivity index (χ4v) is 3.06. The summed E-state index contributed by atoms with van der Waals surface area (Å²) >= 11 is 6.23. The van der Waals surface area contributed by atoms with E-state index in [1.807, 2.05) is 13.8 Å². The van der Waals surface area contributed by atoms with E-state index in [1.165, 1.54) is 6.07 Å². The van der Waals surface area contributed by atoms with Gasteiger partial charge in [-0.2, -0.15) is 0 Å². The molecule has 1 saturated heterocycles. The number of hydrogen-bond acceptors (Lipinski definition) is 4. The van der Waals surface area contributed by atoms with Crippen molar-refractivity contribution in [3.05, 3.63) is 32.8 Å². The van der Waals surface area contributed by atoms with Crippen molar-refractivity contribution in [2.45, 2.75) is 20.3 Å². The van der Waals surface area contributed by atoms with Crippen LogP contribution in [0.4, 0.5) is 11.4 Å². The van der Waals surface area contributed by atoms with Crippen LogP contribution in [0.5, 0.6) is 0 Å². The Bertz CT molecular complexity index is 484. The highest BCUT2D eigenvalue weighted by atomic mass is 35.5. The highest BCUT2D eigenvalue weighted by Gasteiger charge is 2.26. The highest BCUT2D eigenvalue weighted by molar-refractivity contribution is 6.33. The van der Waals surface area contributed by atoms with Crippen LogP contribution in [0.25, 0.3) is 0 Å². The first-order valence-corrected chi connectivity index (χ1v) is 7.18. The number of anilines is 1. The molecule has 1 unspecified atom stereocenters. The maximum absolute atomic E-state index is 10.8. The SMILES string of the molecule is CCOCC1CCN(c2c(C)cc([N+](=O)[O-])cc2Cl)C1. The summed E-state index contributed by atoms with van der Waals surface area (Å²) in [5, 5.41) is 11.3. The van der Waals surface area contributed by atoms with Crippen molar-refractivity contribution >= 4 is 23.0 Å². The van der Waals surface area contributed by atoms with Crippen LogP contribution in [-0.2, 0) is 4.74 Å². The van der Waals surface area contributed by atoms with Crippen molar-refractivity contribution in [1.29, 1.82) is 0 Å². The maximum atomic E-state index is 10.8. The van der Waals surface area contributed by atoms with Gasteiger partial charge in [-0.1, -0.05) is 11.6 Å². The van der Waals surface area contributed by atoms with E-state index in [2.05, 4.69) is 4.90 Å². The molecule has 1 aliphatic rings. The second kappa shape index (κ2) is 6.41. The van der Waals surface area contributed by atoms with E-state index < -0.39 is 4.92 Å². The van der Waals surface area contributed by atoms with Crippen LogP contribution in [0.15, 0.2) is 12.1 Å². The predicted octanol–water partition coefficient (Wildman–Crippen LogP) is 3.42. The molecule has 1 atom stereocenters. The number of nitro benzene ring substituents is 1. The Morgan fingerprint density at radius 2 is 2.30 bits per heavy atom. The lowest BCUT2D eigenvalue weighted by molar-refractivity contribution is -0.384. The minimum Gasteiger partial charge on any atom is -0.381 e. The van der Waals surface area contributed by atoms with Crippen LogP contribution >= 0.6 is 11.6 Å². The smallest absolute Gasteiger partial charge is 0.271 e. The second-order valence-electron chi connectivity index (χ2n) is 5.11. The minimum atomic E-state index is -0.412. The number of benzene rings is 1. The molecule has 1 heterocycles. The van der Waals surface area contributed by atoms with Crippen molar-refractivity contribution in [1.82, 2.24) is 0 Å². The monoisotopic (exact) mass is 298 g/mol. The zero-order valence-electron chi connectivity index (χ0n) is 11.8. The van der Waals surface area contributed by atoms with Crippen molar-refractivity contribution in [3.63, 3.8) is 0 Å². The fraction of sp³-hybridized carbons (Fsp3) is 0.571.